The molecule has 12 heavy (non-hydrogen) atoms. The highest BCUT2D eigenvalue weighted by atomic mass is 127. The van der Waals surface area contributed by atoms with Gasteiger partial charge in [-0.05, 0) is 33.0 Å². The van der Waals surface area contributed by atoms with Gasteiger partial charge in [0.2, 0.25) is 0 Å². The van der Waals surface area contributed by atoms with Crippen LogP contribution in [0.5, 0.6) is 0 Å². The summed E-state index contributed by atoms with van der Waals surface area (Å²) in [5.74, 6) is 0. The summed E-state index contributed by atoms with van der Waals surface area (Å²) in [5.41, 5.74) is 0.996. The van der Waals surface area contributed by atoms with Gasteiger partial charge in [-0.2, -0.15) is 0 Å². The number of hydrogen-bond donors (Lipinski definition) is 0. The molecule has 0 bridgehead atoms. The van der Waals surface area contributed by atoms with Crippen LogP contribution in [0.1, 0.15) is 5.56 Å². The van der Waals surface area contributed by atoms with Crippen LogP contribution in [0.3, 0.4) is 0 Å². The van der Waals surface area contributed by atoms with Gasteiger partial charge in [0.05, 0.1) is 0 Å². The first kappa shape index (κ1) is 7.78. The van der Waals surface area contributed by atoms with Crippen LogP contribution in [0.2, 0.25) is 0 Å². The Labute approximate surface area is 82.9 Å². The quantitative estimate of drug-likeness (QED) is 0.428. The van der Waals surface area contributed by atoms with Crippen molar-refractivity contribution in [3.8, 4) is 0 Å². The van der Waals surface area contributed by atoms with E-state index in [-0.39, 0.29) is 0 Å². The van der Waals surface area contributed by atoms with Crippen molar-refractivity contribution in [1.82, 2.24) is 0 Å². The van der Waals surface area contributed by atoms with E-state index in [2.05, 4.69) is 43.3 Å². The Balaban J connectivity index is 2.43. The van der Waals surface area contributed by atoms with Gasteiger partial charge in [-0.1, -0.05) is 30.3 Å². The molecule has 1 aliphatic heterocycles. The van der Waals surface area contributed by atoms with Gasteiger partial charge in [-0.25, -0.2) is 0 Å². The van der Waals surface area contributed by atoms with Gasteiger partial charge in [-0.3, -0.25) is 0 Å². The molecule has 0 saturated heterocycles. The molecule has 60 valence electrons. The molecule has 0 aromatic heterocycles. The molecule has 1 aromatic carbocycles. The van der Waals surface area contributed by atoms with Crippen LogP contribution in [0.25, 0.3) is 0 Å². The van der Waals surface area contributed by atoms with Crippen molar-refractivity contribution < 1.29 is 0 Å². The van der Waals surface area contributed by atoms with E-state index in [4.69, 9.17) is 0 Å². The van der Waals surface area contributed by atoms with Gasteiger partial charge >= 0.3 is 0 Å². The fraction of sp³-hybridized carbons (Fsp3) is 0.143. The van der Waals surface area contributed by atoms with Gasteiger partial charge in [0.1, 0.15) is 0 Å². The Bertz CT molecular complexity index is 321. The summed E-state index contributed by atoms with van der Waals surface area (Å²) in [6.45, 7) is 0. The van der Waals surface area contributed by atoms with Crippen LogP contribution in [-0.2, 0) is 3.67 Å². The van der Waals surface area contributed by atoms with Crippen molar-refractivity contribution in [2.45, 2.75) is 3.67 Å². The number of benzene rings is 1. The van der Waals surface area contributed by atoms with E-state index in [1.807, 2.05) is 30.3 Å². The van der Waals surface area contributed by atoms with Crippen molar-refractivity contribution >= 4 is 22.6 Å². The van der Waals surface area contributed by atoms with Gasteiger partial charge < -0.3 is 0 Å². The van der Waals surface area contributed by atoms with Gasteiger partial charge in [0.15, 0.2) is 0 Å². The summed E-state index contributed by atoms with van der Waals surface area (Å²) in [7, 11) is 0. The second-order valence-corrected chi connectivity index (χ2v) is 3.84. The van der Waals surface area contributed by atoms with E-state index in [1.54, 1.807) is 0 Å². The Kier molecular flexibility index (Phi) is 1.87. The molecule has 0 radical (unpaired) electrons. The molecule has 0 unspecified atom stereocenters. The monoisotopic (exact) mass is 272 g/mol. The number of hydrogen-bond acceptors (Lipinski definition) is 4. The minimum Gasteiger partial charge on any atom is -0.119 e. The maximum absolute atomic E-state index is 3.92. The second kappa shape index (κ2) is 2.89. The summed E-state index contributed by atoms with van der Waals surface area (Å²) < 4.78 is -0.626. The standard InChI is InChI=1S/C7H5IN4/c8-7(9-11-12-10-7)6-4-2-1-3-5-6/h1-5H. The predicted molar refractivity (Wildman–Crippen MR) is 51.9 cm³/mol. The van der Waals surface area contributed by atoms with E-state index >= 15 is 0 Å². The third-order valence-electron chi connectivity index (χ3n) is 1.54. The number of rotatable bonds is 1. The zero-order chi connectivity index (χ0) is 8.44. The molecule has 4 nitrogen and oxygen atoms in total. The molecule has 0 atom stereocenters. The largest absolute Gasteiger partial charge is 0.269 e. The Morgan fingerprint density at radius 3 is 2.17 bits per heavy atom. The molecular formula is C7H5IN4. The molecule has 2 rings (SSSR count). The van der Waals surface area contributed by atoms with E-state index in [9.17, 15) is 0 Å². The summed E-state index contributed by atoms with van der Waals surface area (Å²) in [5, 5.41) is 14.8. The van der Waals surface area contributed by atoms with E-state index in [0.717, 1.165) is 5.56 Å². The third kappa shape index (κ3) is 1.24. The van der Waals surface area contributed by atoms with Crippen LogP contribution in [0, 0.1) is 0 Å². The first-order valence-electron chi connectivity index (χ1n) is 3.40. The van der Waals surface area contributed by atoms with Crippen LogP contribution >= 0.6 is 22.6 Å². The minimum atomic E-state index is -0.626. The first-order chi connectivity index (χ1) is 5.81. The molecule has 0 saturated carbocycles. The zero-order valence-electron chi connectivity index (χ0n) is 6.05. The minimum absolute atomic E-state index is 0.626. The van der Waals surface area contributed by atoms with Crippen molar-refractivity contribution in [2.75, 3.05) is 0 Å². The molecule has 0 N–H and O–H groups in total. The van der Waals surface area contributed by atoms with Crippen LogP contribution in [-0.4, -0.2) is 0 Å². The molecule has 1 heterocycles. The summed E-state index contributed by atoms with van der Waals surface area (Å²) >= 11 is 2.11. The summed E-state index contributed by atoms with van der Waals surface area (Å²) in [6, 6.07) is 9.75. The molecule has 5 heteroatoms. The SMILES string of the molecule is IC1(c2ccccc2)N=NN=N1. The molecule has 1 aromatic rings. The zero-order valence-corrected chi connectivity index (χ0v) is 8.21. The predicted octanol–water partition coefficient (Wildman–Crippen LogP) is 3.06. The van der Waals surface area contributed by atoms with E-state index in [1.165, 1.54) is 0 Å². The van der Waals surface area contributed by atoms with Gasteiger partial charge in [-0.15, -0.1) is 10.2 Å². The fourth-order valence-corrected chi connectivity index (χ4v) is 1.50. The summed E-state index contributed by atoms with van der Waals surface area (Å²) in [4.78, 5) is 0. The van der Waals surface area contributed by atoms with Crippen molar-refractivity contribution in [2.24, 2.45) is 20.7 Å². The maximum Gasteiger partial charge on any atom is 0.269 e. The average molecular weight is 272 g/mol. The van der Waals surface area contributed by atoms with Crippen LogP contribution in [0.4, 0.5) is 0 Å². The number of halogens is 1. The first-order valence-corrected chi connectivity index (χ1v) is 4.48. The molecule has 0 fully saturated rings. The van der Waals surface area contributed by atoms with E-state index in [0.29, 0.717) is 0 Å². The Morgan fingerprint density at radius 1 is 1.00 bits per heavy atom. The highest BCUT2D eigenvalue weighted by Crippen LogP contribution is 2.38. The summed E-state index contributed by atoms with van der Waals surface area (Å²) in [6.07, 6.45) is 0. The van der Waals surface area contributed by atoms with Crippen molar-refractivity contribution in [1.29, 1.82) is 0 Å². The van der Waals surface area contributed by atoms with Crippen molar-refractivity contribution in [3.05, 3.63) is 35.9 Å². The average Bonchev–Trinajstić information content (AvgIpc) is 2.55. The van der Waals surface area contributed by atoms with Crippen LogP contribution in [0.15, 0.2) is 51.0 Å². The lowest BCUT2D eigenvalue weighted by Gasteiger charge is -2.10. The smallest absolute Gasteiger partial charge is 0.119 e. The Hall–Kier alpha value is -0.850. The lowest BCUT2D eigenvalue weighted by molar-refractivity contribution is 0.728. The highest BCUT2D eigenvalue weighted by Gasteiger charge is 2.31. The lowest BCUT2D eigenvalue weighted by atomic mass is 10.2. The van der Waals surface area contributed by atoms with Crippen molar-refractivity contribution in [3.63, 3.8) is 0 Å². The lowest BCUT2D eigenvalue weighted by Crippen LogP contribution is -2.07. The van der Waals surface area contributed by atoms with Gasteiger partial charge in [0, 0.05) is 5.56 Å². The molecule has 0 spiro atoms. The normalized spacial score (nSPS) is 18.4. The highest BCUT2D eigenvalue weighted by molar-refractivity contribution is 14.1. The number of alkyl halides is 1. The second-order valence-electron chi connectivity index (χ2n) is 2.33. The third-order valence-corrected chi connectivity index (χ3v) is 2.59. The fourth-order valence-electron chi connectivity index (χ4n) is 0.944. The molecule has 0 aliphatic carbocycles. The maximum atomic E-state index is 3.92. The van der Waals surface area contributed by atoms with Crippen LogP contribution < -0.4 is 0 Å². The molecular weight excluding hydrogens is 267 g/mol. The van der Waals surface area contributed by atoms with Gasteiger partial charge in [0.25, 0.3) is 3.67 Å². The molecule has 0 amide bonds. The number of nitrogens with zero attached hydrogens (tertiary/aromatic N) is 4. The van der Waals surface area contributed by atoms with E-state index < -0.39 is 3.67 Å². The topological polar surface area (TPSA) is 49.4 Å². The molecule has 1 aliphatic rings. The Morgan fingerprint density at radius 2 is 1.58 bits per heavy atom.